The standard InChI is InChI=1S/C10H14O6S/c11-4-5-7(12)8(13)9(10(14)15-5)16-6-2-1-3-17-6/h1-3,5,7-14H,4H2/t5-,7+,8+,9-,10+/m1/s1. The van der Waals surface area contributed by atoms with Crippen LogP contribution in [0, 0.1) is 0 Å². The zero-order chi connectivity index (χ0) is 12.4. The van der Waals surface area contributed by atoms with Gasteiger partial charge in [-0.05, 0) is 17.5 Å². The Kier molecular flexibility index (Phi) is 3.97. The summed E-state index contributed by atoms with van der Waals surface area (Å²) in [5.41, 5.74) is 0. The molecule has 6 nitrogen and oxygen atoms in total. The second-order valence-corrected chi connectivity index (χ2v) is 4.65. The molecule has 1 saturated heterocycles. The molecule has 1 aromatic heterocycles. The molecule has 1 aliphatic rings. The SMILES string of the molecule is OC[C@H]1O[C@H](O)[C@H](Oc2cccs2)[C@@H](O)[C@H]1O. The summed E-state index contributed by atoms with van der Waals surface area (Å²) in [7, 11) is 0. The van der Waals surface area contributed by atoms with Gasteiger partial charge in [0, 0.05) is 0 Å². The number of aliphatic hydroxyl groups excluding tert-OH is 4. The number of hydrogen-bond donors (Lipinski definition) is 4. The summed E-state index contributed by atoms with van der Waals surface area (Å²) in [4.78, 5) is 0. The highest BCUT2D eigenvalue weighted by Crippen LogP contribution is 2.27. The monoisotopic (exact) mass is 262 g/mol. The number of ether oxygens (including phenoxy) is 2. The van der Waals surface area contributed by atoms with Crippen molar-refractivity contribution in [2.24, 2.45) is 0 Å². The quantitative estimate of drug-likeness (QED) is 0.553. The summed E-state index contributed by atoms with van der Waals surface area (Å²) in [6, 6.07) is 3.43. The van der Waals surface area contributed by atoms with Gasteiger partial charge in [0.2, 0.25) is 0 Å². The maximum atomic E-state index is 9.79. The summed E-state index contributed by atoms with van der Waals surface area (Å²) < 4.78 is 10.3. The van der Waals surface area contributed by atoms with Crippen LogP contribution in [0.15, 0.2) is 17.5 Å². The summed E-state index contributed by atoms with van der Waals surface area (Å²) >= 11 is 1.30. The van der Waals surface area contributed by atoms with Gasteiger partial charge in [0.05, 0.1) is 6.61 Å². The van der Waals surface area contributed by atoms with Crippen LogP contribution in [0.5, 0.6) is 5.06 Å². The molecule has 2 rings (SSSR count). The fraction of sp³-hybridized carbons (Fsp3) is 0.600. The van der Waals surface area contributed by atoms with Crippen LogP contribution in [0.4, 0.5) is 0 Å². The maximum Gasteiger partial charge on any atom is 0.195 e. The smallest absolute Gasteiger partial charge is 0.195 e. The van der Waals surface area contributed by atoms with E-state index in [0.29, 0.717) is 5.06 Å². The van der Waals surface area contributed by atoms with Crippen molar-refractivity contribution in [1.29, 1.82) is 0 Å². The molecule has 17 heavy (non-hydrogen) atoms. The van der Waals surface area contributed by atoms with E-state index >= 15 is 0 Å². The van der Waals surface area contributed by atoms with Gasteiger partial charge in [0.15, 0.2) is 17.5 Å². The Bertz CT molecular complexity index is 343. The third-order valence-corrected chi connectivity index (χ3v) is 3.35. The summed E-state index contributed by atoms with van der Waals surface area (Å²) in [6.07, 6.45) is -6.10. The van der Waals surface area contributed by atoms with Crippen molar-refractivity contribution in [3.63, 3.8) is 0 Å². The summed E-state index contributed by atoms with van der Waals surface area (Å²) in [5, 5.41) is 40.2. The number of aliphatic hydroxyl groups is 4. The molecule has 1 fully saturated rings. The Morgan fingerprint density at radius 1 is 1.29 bits per heavy atom. The first kappa shape index (κ1) is 12.7. The molecular formula is C10H14O6S. The van der Waals surface area contributed by atoms with E-state index in [2.05, 4.69) is 0 Å². The van der Waals surface area contributed by atoms with Gasteiger partial charge in [-0.2, -0.15) is 0 Å². The van der Waals surface area contributed by atoms with Crippen LogP contribution in [0.25, 0.3) is 0 Å². The molecule has 0 aromatic carbocycles. The molecule has 1 aliphatic heterocycles. The fourth-order valence-corrected chi connectivity index (χ4v) is 2.28. The normalized spacial score (nSPS) is 38.0. The number of hydrogen-bond acceptors (Lipinski definition) is 7. The van der Waals surface area contributed by atoms with Gasteiger partial charge in [-0.15, -0.1) is 11.3 Å². The van der Waals surface area contributed by atoms with Crippen LogP contribution in [0.3, 0.4) is 0 Å². The first-order valence-corrected chi connectivity index (χ1v) is 6.02. The topological polar surface area (TPSA) is 99.4 Å². The van der Waals surface area contributed by atoms with Gasteiger partial charge in [0.1, 0.15) is 18.3 Å². The van der Waals surface area contributed by atoms with Crippen molar-refractivity contribution < 1.29 is 29.9 Å². The van der Waals surface area contributed by atoms with Crippen LogP contribution in [-0.2, 0) is 4.74 Å². The number of rotatable bonds is 3. The molecule has 0 saturated carbocycles. The van der Waals surface area contributed by atoms with Crippen molar-refractivity contribution in [1.82, 2.24) is 0 Å². The van der Waals surface area contributed by atoms with E-state index in [4.69, 9.17) is 14.6 Å². The Morgan fingerprint density at radius 2 is 2.06 bits per heavy atom. The predicted molar refractivity (Wildman–Crippen MR) is 58.7 cm³/mol. The van der Waals surface area contributed by atoms with Crippen molar-refractivity contribution in [2.45, 2.75) is 30.7 Å². The molecule has 0 spiro atoms. The zero-order valence-corrected chi connectivity index (χ0v) is 9.66. The van der Waals surface area contributed by atoms with Gasteiger partial charge >= 0.3 is 0 Å². The molecule has 96 valence electrons. The van der Waals surface area contributed by atoms with Gasteiger partial charge < -0.3 is 29.9 Å². The lowest BCUT2D eigenvalue weighted by Gasteiger charge is -2.39. The van der Waals surface area contributed by atoms with E-state index in [1.165, 1.54) is 11.3 Å². The van der Waals surface area contributed by atoms with Crippen molar-refractivity contribution in [3.05, 3.63) is 17.5 Å². The molecule has 5 atom stereocenters. The van der Waals surface area contributed by atoms with E-state index in [1.54, 1.807) is 17.5 Å². The minimum atomic E-state index is -1.40. The van der Waals surface area contributed by atoms with Crippen LogP contribution >= 0.6 is 11.3 Å². The van der Waals surface area contributed by atoms with Crippen molar-refractivity contribution in [2.75, 3.05) is 6.61 Å². The highest BCUT2D eigenvalue weighted by atomic mass is 32.1. The zero-order valence-electron chi connectivity index (χ0n) is 8.84. The van der Waals surface area contributed by atoms with Crippen LogP contribution in [-0.4, -0.2) is 57.7 Å². The van der Waals surface area contributed by atoms with Crippen LogP contribution in [0.1, 0.15) is 0 Å². The number of thiophene rings is 1. The van der Waals surface area contributed by atoms with E-state index < -0.39 is 37.3 Å². The Morgan fingerprint density at radius 3 is 2.65 bits per heavy atom. The first-order chi connectivity index (χ1) is 8.13. The van der Waals surface area contributed by atoms with Crippen molar-refractivity contribution in [3.8, 4) is 5.06 Å². The second-order valence-electron chi connectivity index (χ2n) is 3.74. The van der Waals surface area contributed by atoms with Gasteiger partial charge in [-0.1, -0.05) is 0 Å². The Balaban J connectivity index is 2.06. The third kappa shape index (κ3) is 2.59. The average molecular weight is 262 g/mol. The highest BCUT2D eigenvalue weighted by Gasteiger charge is 2.45. The molecule has 2 heterocycles. The van der Waals surface area contributed by atoms with Gasteiger partial charge in [0.25, 0.3) is 0 Å². The summed E-state index contributed by atoms with van der Waals surface area (Å²) in [6.45, 7) is -0.485. The minimum absolute atomic E-state index is 0.485. The van der Waals surface area contributed by atoms with Crippen LogP contribution < -0.4 is 4.74 Å². The molecule has 0 bridgehead atoms. The molecule has 7 heteroatoms. The highest BCUT2D eigenvalue weighted by molar-refractivity contribution is 7.11. The molecule has 0 radical (unpaired) electrons. The molecular weight excluding hydrogens is 248 g/mol. The second kappa shape index (κ2) is 5.30. The lowest BCUT2D eigenvalue weighted by Crippen LogP contribution is -2.60. The van der Waals surface area contributed by atoms with Gasteiger partial charge in [-0.3, -0.25) is 0 Å². The molecule has 0 amide bonds. The largest absolute Gasteiger partial charge is 0.473 e. The maximum absolute atomic E-state index is 9.79. The van der Waals surface area contributed by atoms with Crippen molar-refractivity contribution >= 4 is 11.3 Å². The summed E-state index contributed by atoms with van der Waals surface area (Å²) in [5.74, 6) is 0. The molecule has 0 aliphatic carbocycles. The Labute approximate surface area is 102 Å². The van der Waals surface area contributed by atoms with E-state index in [1.807, 2.05) is 0 Å². The van der Waals surface area contributed by atoms with Crippen LogP contribution in [0.2, 0.25) is 0 Å². The fourth-order valence-electron chi connectivity index (χ4n) is 1.66. The van der Waals surface area contributed by atoms with Gasteiger partial charge in [-0.25, -0.2) is 0 Å². The lowest BCUT2D eigenvalue weighted by molar-refractivity contribution is -0.280. The lowest BCUT2D eigenvalue weighted by atomic mass is 9.99. The molecule has 4 N–H and O–H groups in total. The van der Waals surface area contributed by atoms with E-state index in [0.717, 1.165) is 0 Å². The van der Waals surface area contributed by atoms with E-state index in [9.17, 15) is 15.3 Å². The average Bonchev–Trinajstić information content (AvgIpc) is 2.82. The minimum Gasteiger partial charge on any atom is -0.473 e. The van der Waals surface area contributed by atoms with E-state index in [-0.39, 0.29) is 0 Å². The molecule has 1 aromatic rings. The first-order valence-electron chi connectivity index (χ1n) is 5.14. The molecule has 0 unspecified atom stereocenters. The Hall–Kier alpha value is -0.700. The predicted octanol–water partition coefficient (Wildman–Crippen LogP) is -1.07. The third-order valence-electron chi connectivity index (χ3n) is 2.59.